The molecule has 0 heterocycles. The SMILES string of the molecule is COc1cccc(CCNC(=O)c2c(OC)cccc2OCc2ccccc2)c1. The second-order valence-electron chi connectivity index (χ2n) is 6.47. The average molecular weight is 391 g/mol. The third-order valence-corrected chi connectivity index (χ3v) is 4.51. The number of benzene rings is 3. The van der Waals surface area contributed by atoms with E-state index in [1.165, 1.54) is 0 Å². The van der Waals surface area contributed by atoms with Gasteiger partial charge in [-0.15, -0.1) is 0 Å². The molecule has 0 saturated heterocycles. The second-order valence-corrected chi connectivity index (χ2v) is 6.47. The van der Waals surface area contributed by atoms with Gasteiger partial charge in [0.15, 0.2) is 0 Å². The van der Waals surface area contributed by atoms with E-state index in [0.29, 0.717) is 36.6 Å². The highest BCUT2D eigenvalue weighted by atomic mass is 16.5. The maximum Gasteiger partial charge on any atom is 0.258 e. The van der Waals surface area contributed by atoms with Crippen LogP contribution in [-0.4, -0.2) is 26.7 Å². The number of carbonyl (C=O) groups excluding carboxylic acids is 1. The molecule has 1 amide bonds. The van der Waals surface area contributed by atoms with Crippen LogP contribution in [0.2, 0.25) is 0 Å². The number of nitrogens with one attached hydrogen (secondary N) is 1. The summed E-state index contributed by atoms with van der Waals surface area (Å²) in [6.07, 6.45) is 0.693. The molecule has 3 aromatic carbocycles. The Kier molecular flexibility index (Phi) is 7.11. The molecule has 0 unspecified atom stereocenters. The minimum Gasteiger partial charge on any atom is -0.497 e. The molecule has 0 atom stereocenters. The lowest BCUT2D eigenvalue weighted by atomic mass is 10.1. The summed E-state index contributed by atoms with van der Waals surface area (Å²) in [5.74, 6) is 1.55. The van der Waals surface area contributed by atoms with Crippen LogP contribution in [0.25, 0.3) is 0 Å². The number of hydrogen-bond acceptors (Lipinski definition) is 4. The molecule has 0 aromatic heterocycles. The lowest BCUT2D eigenvalue weighted by molar-refractivity contribution is 0.0946. The number of ether oxygens (including phenoxy) is 3. The Morgan fingerprint density at radius 2 is 1.55 bits per heavy atom. The fourth-order valence-corrected chi connectivity index (χ4v) is 3.00. The molecule has 0 bridgehead atoms. The summed E-state index contributed by atoms with van der Waals surface area (Å²) in [5.41, 5.74) is 2.52. The first-order chi connectivity index (χ1) is 14.2. The maximum absolute atomic E-state index is 12.9. The minimum atomic E-state index is -0.228. The van der Waals surface area contributed by atoms with Gasteiger partial charge in [0.25, 0.3) is 5.91 Å². The van der Waals surface area contributed by atoms with E-state index in [4.69, 9.17) is 14.2 Å². The van der Waals surface area contributed by atoms with Crippen LogP contribution in [0.5, 0.6) is 17.2 Å². The molecule has 5 nitrogen and oxygen atoms in total. The number of amides is 1. The number of carbonyl (C=O) groups is 1. The average Bonchev–Trinajstić information content (AvgIpc) is 2.78. The first-order valence-corrected chi connectivity index (χ1v) is 9.46. The topological polar surface area (TPSA) is 56.8 Å². The molecule has 0 radical (unpaired) electrons. The van der Waals surface area contributed by atoms with E-state index in [1.807, 2.05) is 60.7 Å². The Morgan fingerprint density at radius 3 is 2.31 bits per heavy atom. The van der Waals surface area contributed by atoms with Crippen molar-refractivity contribution in [2.75, 3.05) is 20.8 Å². The molecular formula is C24H25NO4. The molecule has 0 spiro atoms. The molecule has 0 aliphatic carbocycles. The van der Waals surface area contributed by atoms with E-state index in [-0.39, 0.29) is 5.91 Å². The molecular weight excluding hydrogens is 366 g/mol. The smallest absolute Gasteiger partial charge is 0.258 e. The Hall–Kier alpha value is -3.47. The molecule has 0 saturated carbocycles. The van der Waals surface area contributed by atoms with Crippen LogP contribution < -0.4 is 19.5 Å². The van der Waals surface area contributed by atoms with E-state index < -0.39 is 0 Å². The fourth-order valence-electron chi connectivity index (χ4n) is 3.00. The largest absolute Gasteiger partial charge is 0.497 e. The van der Waals surface area contributed by atoms with Gasteiger partial charge in [-0.05, 0) is 41.8 Å². The van der Waals surface area contributed by atoms with E-state index in [1.54, 1.807) is 26.4 Å². The molecule has 150 valence electrons. The highest BCUT2D eigenvalue weighted by Crippen LogP contribution is 2.29. The van der Waals surface area contributed by atoms with E-state index in [9.17, 15) is 4.79 Å². The van der Waals surface area contributed by atoms with Gasteiger partial charge in [-0.1, -0.05) is 48.5 Å². The van der Waals surface area contributed by atoms with Crippen molar-refractivity contribution in [3.63, 3.8) is 0 Å². The first-order valence-electron chi connectivity index (χ1n) is 9.46. The molecule has 0 fully saturated rings. The molecule has 3 rings (SSSR count). The van der Waals surface area contributed by atoms with Gasteiger partial charge in [-0.3, -0.25) is 4.79 Å². The molecule has 3 aromatic rings. The first kappa shape index (κ1) is 20.3. The normalized spacial score (nSPS) is 10.3. The summed E-state index contributed by atoms with van der Waals surface area (Å²) >= 11 is 0. The van der Waals surface area contributed by atoms with Crippen LogP contribution in [0.4, 0.5) is 0 Å². The highest BCUT2D eigenvalue weighted by Gasteiger charge is 2.18. The third-order valence-electron chi connectivity index (χ3n) is 4.51. The van der Waals surface area contributed by atoms with E-state index in [2.05, 4.69) is 5.32 Å². The number of methoxy groups -OCH3 is 2. The van der Waals surface area contributed by atoms with Crippen molar-refractivity contribution in [2.24, 2.45) is 0 Å². The van der Waals surface area contributed by atoms with Crippen molar-refractivity contribution >= 4 is 5.91 Å². The summed E-state index contributed by atoms with van der Waals surface area (Å²) in [6, 6.07) is 23.0. The van der Waals surface area contributed by atoms with Crippen molar-refractivity contribution in [3.8, 4) is 17.2 Å². The van der Waals surface area contributed by atoms with Crippen LogP contribution >= 0.6 is 0 Å². The minimum absolute atomic E-state index is 0.228. The van der Waals surface area contributed by atoms with Crippen LogP contribution in [-0.2, 0) is 13.0 Å². The van der Waals surface area contributed by atoms with Gasteiger partial charge in [0.2, 0.25) is 0 Å². The Bertz CT molecular complexity index is 941. The van der Waals surface area contributed by atoms with Crippen LogP contribution in [0.15, 0.2) is 72.8 Å². The molecule has 0 aliphatic rings. The van der Waals surface area contributed by atoms with Gasteiger partial charge in [0, 0.05) is 6.54 Å². The zero-order valence-electron chi connectivity index (χ0n) is 16.7. The van der Waals surface area contributed by atoms with Gasteiger partial charge in [-0.2, -0.15) is 0 Å². The number of hydrogen-bond donors (Lipinski definition) is 1. The van der Waals surface area contributed by atoms with Gasteiger partial charge in [-0.25, -0.2) is 0 Å². The lowest BCUT2D eigenvalue weighted by Crippen LogP contribution is -2.26. The van der Waals surface area contributed by atoms with Crippen molar-refractivity contribution in [2.45, 2.75) is 13.0 Å². The summed E-state index contributed by atoms with van der Waals surface area (Å²) in [5, 5.41) is 2.96. The zero-order chi connectivity index (χ0) is 20.5. The van der Waals surface area contributed by atoms with Gasteiger partial charge < -0.3 is 19.5 Å². The zero-order valence-corrected chi connectivity index (χ0v) is 16.7. The van der Waals surface area contributed by atoms with Crippen molar-refractivity contribution < 1.29 is 19.0 Å². The predicted octanol–water partition coefficient (Wildman–Crippen LogP) is 4.26. The third kappa shape index (κ3) is 5.51. The van der Waals surface area contributed by atoms with Crippen molar-refractivity contribution in [1.82, 2.24) is 5.32 Å². The molecule has 1 N–H and O–H groups in total. The summed E-state index contributed by atoms with van der Waals surface area (Å²) in [7, 11) is 3.18. The quantitative estimate of drug-likeness (QED) is 0.592. The predicted molar refractivity (Wildman–Crippen MR) is 113 cm³/mol. The van der Waals surface area contributed by atoms with Gasteiger partial charge >= 0.3 is 0 Å². The summed E-state index contributed by atoms with van der Waals surface area (Å²) in [6.45, 7) is 0.861. The van der Waals surface area contributed by atoms with Crippen molar-refractivity contribution in [3.05, 3.63) is 89.5 Å². The van der Waals surface area contributed by atoms with E-state index in [0.717, 1.165) is 16.9 Å². The standard InChI is InChI=1S/C24H25NO4/c1-27-20-11-6-10-18(16-20)14-15-25-24(26)23-21(28-2)12-7-13-22(23)29-17-19-8-4-3-5-9-19/h3-13,16H,14-15,17H2,1-2H3,(H,25,26). The van der Waals surface area contributed by atoms with Crippen LogP contribution in [0, 0.1) is 0 Å². The molecule has 29 heavy (non-hydrogen) atoms. The summed E-state index contributed by atoms with van der Waals surface area (Å²) < 4.78 is 16.6. The monoisotopic (exact) mass is 391 g/mol. The molecule has 0 aliphatic heterocycles. The second kappa shape index (κ2) is 10.2. The molecule has 5 heteroatoms. The van der Waals surface area contributed by atoms with E-state index >= 15 is 0 Å². The summed E-state index contributed by atoms with van der Waals surface area (Å²) in [4.78, 5) is 12.9. The number of rotatable bonds is 9. The Labute approximate surface area is 171 Å². The Morgan fingerprint density at radius 1 is 0.828 bits per heavy atom. The highest BCUT2D eigenvalue weighted by molar-refractivity contribution is 5.99. The maximum atomic E-state index is 12.9. The fraction of sp³-hybridized carbons (Fsp3) is 0.208. The van der Waals surface area contributed by atoms with Gasteiger partial charge in [0.1, 0.15) is 29.4 Å². The van der Waals surface area contributed by atoms with Crippen LogP contribution in [0.1, 0.15) is 21.5 Å². The Balaban J connectivity index is 1.67. The van der Waals surface area contributed by atoms with Crippen molar-refractivity contribution in [1.29, 1.82) is 0 Å². The lowest BCUT2D eigenvalue weighted by Gasteiger charge is -2.15. The van der Waals surface area contributed by atoms with Gasteiger partial charge in [0.05, 0.1) is 14.2 Å². The van der Waals surface area contributed by atoms with Crippen LogP contribution in [0.3, 0.4) is 0 Å².